The summed E-state index contributed by atoms with van der Waals surface area (Å²) in [7, 11) is -3.28. The van der Waals surface area contributed by atoms with E-state index in [0.717, 1.165) is 32.2 Å². The van der Waals surface area contributed by atoms with Gasteiger partial charge >= 0.3 is 6.18 Å². The summed E-state index contributed by atoms with van der Waals surface area (Å²) < 4.78 is 97.6. The molecule has 0 spiro atoms. The summed E-state index contributed by atoms with van der Waals surface area (Å²) in [6.45, 7) is 1.93. The number of nitrogens with zero attached hydrogens (tertiary/aromatic N) is 1. The number of benzene rings is 1. The molecular weight excluding hydrogens is 465 g/mol. The van der Waals surface area contributed by atoms with E-state index in [1.807, 2.05) is 0 Å². The molecule has 2 aromatic rings. The molecule has 8 nitrogen and oxygen atoms in total. The third-order valence-electron chi connectivity index (χ3n) is 6.07. The molecule has 34 heavy (non-hydrogen) atoms. The van der Waals surface area contributed by atoms with E-state index in [-0.39, 0.29) is 11.4 Å². The van der Waals surface area contributed by atoms with Crippen molar-refractivity contribution >= 4 is 17.4 Å². The average molecular weight is 490 g/mol. The predicted molar refractivity (Wildman–Crippen MR) is 111 cm³/mol. The first-order valence-electron chi connectivity index (χ1n) is 11.3. The SMILES string of the molecule is [2H]C([2H])([2H])Oc1c([C@H]2[C@H](C(=O)Nc3ccnc(C(=N)NO)c3)N[C@@](C)(C(F)(F)F)[C@H]2C)ccc(F)c1F. The highest BCUT2D eigenvalue weighted by atomic mass is 19.4. The molecule has 0 unspecified atom stereocenters. The van der Waals surface area contributed by atoms with E-state index >= 15 is 0 Å². The molecule has 2 heterocycles. The maximum Gasteiger partial charge on any atom is 0.406 e. The van der Waals surface area contributed by atoms with Gasteiger partial charge in [-0.25, -0.2) is 4.39 Å². The zero-order valence-electron chi connectivity index (χ0n) is 20.7. The van der Waals surface area contributed by atoms with Crippen molar-refractivity contribution in [1.82, 2.24) is 15.8 Å². The maximum absolute atomic E-state index is 14.7. The minimum atomic E-state index is -4.91. The minimum Gasteiger partial charge on any atom is -0.493 e. The summed E-state index contributed by atoms with van der Waals surface area (Å²) >= 11 is 0. The van der Waals surface area contributed by atoms with E-state index in [1.165, 1.54) is 6.07 Å². The van der Waals surface area contributed by atoms with Crippen LogP contribution in [0.4, 0.5) is 27.6 Å². The summed E-state index contributed by atoms with van der Waals surface area (Å²) in [6.07, 6.45) is -3.74. The highest BCUT2D eigenvalue weighted by Crippen LogP contribution is 2.51. The Balaban J connectivity index is 2.11. The number of carbonyl (C=O) groups excluding carboxylic acids is 1. The Labute approximate surface area is 195 Å². The van der Waals surface area contributed by atoms with Gasteiger partial charge in [-0.1, -0.05) is 13.0 Å². The number of amidine groups is 1. The molecule has 3 rings (SSSR count). The first kappa shape index (κ1) is 21.2. The molecule has 0 radical (unpaired) electrons. The van der Waals surface area contributed by atoms with Gasteiger partial charge in [0.15, 0.2) is 17.4 Å². The van der Waals surface area contributed by atoms with Gasteiger partial charge in [-0.3, -0.25) is 31.2 Å². The summed E-state index contributed by atoms with van der Waals surface area (Å²) in [5.41, 5.74) is -1.71. The molecule has 0 saturated carbocycles. The Kier molecular flexibility index (Phi) is 5.71. The predicted octanol–water partition coefficient (Wildman–Crippen LogP) is 3.32. The monoisotopic (exact) mass is 490 g/mol. The van der Waals surface area contributed by atoms with Crippen LogP contribution in [0.25, 0.3) is 0 Å². The van der Waals surface area contributed by atoms with Crippen molar-refractivity contribution in [2.45, 2.75) is 37.5 Å². The number of rotatable bonds is 5. The molecule has 1 aromatic heterocycles. The van der Waals surface area contributed by atoms with Crippen LogP contribution in [0.1, 0.15) is 35.1 Å². The highest BCUT2D eigenvalue weighted by Gasteiger charge is 2.64. The number of hydrogen-bond donors (Lipinski definition) is 5. The number of aromatic nitrogens is 1. The number of hydroxylamine groups is 1. The van der Waals surface area contributed by atoms with Crippen molar-refractivity contribution in [3.05, 3.63) is 53.4 Å². The second kappa shape index (κ2) is 9.14. The van der Waals surface area contributed by atoms with Gasteiger partial charge in [-0.05, 0) is 31.0 Å². The van der Waals surface area contributed by atoms with E-state index < -0.39 is 71.3 Å². The zero-order chi connectivity index (χ0) is 27.9. The van der Waals surface area contributed by atoms with Crippen LogP contribution < -0.4 is 20.9 Å². The number of methoxy groups -OCH3 is 1. The van der Waals surface area contributed by atoms with E-state index in [9.17, 15) is 26.7 Å². The molecule has 184 valence electrons. The molecule has 4 atom stereocenters. The van der Waals surface area contributed by atoms with Crippen molar-refractivity contribution in [2.24, 2.45) is 5.92 Å². The van der Waals surface area contributed by atoms with Crippen LogP contribution in [0.2, 0.25) is 0 Å². The van der Waals surface area contributed by atoms with Gasteiger partial charge in [0.05, 0.1) is 17.2 Å². The second-order valence-electron chi connectivity index (χ2n) is 7.92. The molecule has 1 fully saturated rings. The second-order valence-corrected chi connectivity index (χ2v) is 7.92. The van der Waals surface area contributed by atoms with Gasteiger partial charge in [0.25, 0.3) is 0 Å². The lowest BCUT2D eigenvalue weighted by Crippen LogP contribution is -2.56. The van der Waals surface area contributed by atoms with Crippen LogP contribution in [0.15, 0.2) is 30.5 Å². The number of alkyl halides is 3. The average Bonchev–Trinajstić information content (AvgIpc) is 3.08. The molecule has 1 aliphatic rings. The lowest BCUT2D eigenvalue weighted by atomic mass is 9.76. The molecule has 1 aromatic carbocycles. The van der Waals surface area contributed by atoms with Gasteiger partial charge in [0.1, 0.15) is 11.2 Å². The van der Waals surface area contributed by atoms with Gasteiger partial charge in [0, 0.05) is 23.4 Å². The van der Waals surface area contributed by atoms with Crippen molar-refractivity contribution in [3.63, 3.8) is 0 Å². The lowest BCUT2D eigenvalue weighted by molar-refractivity contribution is -0.198. The molecule has 1 amide bonds. The Hall–Kier alpha value is -3.32. The normalized spacial score (nSPS) is 26.2. The van der Waals surface area contributed by atoms with Crippen LogP contribution in [0.3, 0.4) is 0 Å². The van der Waals surface area contributed by atoms with Crippen molar-refractivity contribution < 1.29 is 40.8 Å². The van der Waals surface area contributed by atoms with Crippen LogP contribution in [0.5, 0.6) is 5.75 Å². The van der Waals surface area contributed by atoms with Gasteiger partial charge in [-0.2, -0.15) is 17.6 Å². The number of amides is 1. The number of carbonyl (C=O) groups is 1. The van der Waals surface area contributed by atoms with Crippen LogP contribution >= 0.6 is 0 Å². The Bertz CT molecular complexity index is 1210. The van der Waals surface area contributed by atoms with Crippen LogP contribution in [-0.2, 0) is 4.79 Å². The van der Waals surface area contributed by atoms with Crippen LogP contribution in [0, 0.1) is 23.0 Å². The first-order chi connectivity index (χ1) is 17.0. The lowest BCUT2D eigenvalue weighted by Gasteiger charge is -2.33. The van der Waals surface area contributed by atoms with Gasteiger partial charge < -0.3 is 10.1 Å². The molecule has 5 N–H and O–H groups in total. The summed E-state index contributed by atoms with van der Waals surface area (Å²) in [5, 5.41) is 21.0. The van der Waals surface area contributed by atoms with Gasteiger partial charge in [-0.15, -0.1) is 0 Å². The molecule has 0 aliphatic carbocycles. The van der Waals surface area contributed by atoms with Crippen molar-refractivity contribution in [3.8, 4) is 5.75 Å². The Morgan fingerprint density at radius 2 is 2.06 bits per heavy atom. The number of anilines is 1. The quantitative estimate of drug-likeness (QED) is 0.190. The number of ether oxygens (including phenoxy) is 1. The Morgan fingerprint density at radius 1 is 1.35 bits per heavy atom. The third-order valence-corrected chi connectivity index (χ3v) is 6.07. The fourth-order valence-electron chi connectivity index (χ4n) is 4.05. The standard InChI is InChI=1S/C21H22F5N5O3/c1-9-14(11-4-5-12(22)15(23)17(11)34-3)16(30-20(9,2)21(24,25)26)19(32)29-10-6-7-28-13(8-10)18(27)31-33/h4-9,14,16,30,33H,1-3H3,(H2,27,31)(H,28,29,32)/t9-,14-,16+,20+/m0/s1/i3D3. The van der Waals surface area contributed by atoms with E-state index in [0.29, 0.717) is 6.07 Å². The molecule has 1 aliphatic heterocycles. The van der Waals surface area contributed by atoms with Crippen molar-refractivity contribution in [1.29, 1.82) is 5.41 Å². The fraction of sp³-hybridized carbons (Fsp3) is 0.381. The number of halogens is 5. The highest BCUT2D eigenvalue weighted by molar-refractivity contribution is 5.98. The van der Waals surface area contributed by atoms with E-state index in [2.05, 4.69) is 20.4 Å². The maximum atomic E-state index is 14.7. The zero-order valence-corrected chi connectivity index (χ0v) is 17.7. The van der Waals surface area contributed by atoms with E-state index in [4.69, 9.17) is 14.7 Å². The molecule has 0 bridgehead atoms. The molecular formula is C21H22F5N5O3. The first-order valence-corrected chi connectivity index (χ1v) is 9.77. The number of pyridine rings is 1. The molecule has 13 heteroatoms. The largest absolute Gasteiger partial charge is 0.493 e. The van der Waals surface area contributed by atoms with Gasteiger partial charge in [0.2, 0.25) is 11.7 Å². The summed E-state index contributed by atoms with van der Waals surface area (Å²) in [6, 6.07) is 2.18. The number of nitrogens with one attached hydrogen (secondary N) is 4. The third kappa shape index (κ3) is 4.28. The Morgan fingerprint density at radius 3 is 2.68 bits per heavy atom. The number of hydrogen-bond acceptors (Lipinski definition) is 6. The summed E-state index contributed by atoms with van der Waals surface area (Å²) in [5.74, 6) is -8.93. The van der Waals surface area contributed by atoms with E-state index in [1.54, 1.807) is 5.48 Å². The summed E-state index contributed by atoms with van der Waals surface area (Å²) in [4.78, 5) is 17.1. The fourth-order valence-corrected chi connectivity index (χ4v) is 4.05. The van der Waals surface area contributed by atoms with Crippen LogP contribution in [-0.4, -0.2) is 46.7 Å². The van der Waals surface area contributed by atoms with Crippen molar-refractivity contribution in [2.75, 3.05) is 12.4 Å². The topological polar surface area (TPSA) is 119 Å². The minimum absolute atomic E-state index is 0.00642. The smallest absolute Gasteiger partial charge is 0.406 e. The molecule has 1 saturated heterocycles.